The van der Waals surface area contributed by atoms with Crippen molar-refractivity contribution in [2.45, 2.75) is 0 Å². The van der Waals surface area contributed by atoms with Crippen molar-refractivity contribution in [3.63, 3.8) is 0 Å². The summed E-state index contributed by atoms with van der Waals surface area (Å²) in [6.07, 6.45) is 0. The van der Waals surface area contributed by atoms with Gasteiger partial charge < -0.3 is 10.8 Å². The van der Waals surface area contributed by atoms with Crippen molar-refractivity contribution in [3.8, 4) is 0 Å². The van der Waals surface area contributed by atoms with Crippen molar-refractivity contribution in [2.24, 2.45) is 5.73 Å². The molecule has 4 heteroatoms. The molecule has 68 valence electrons. The number of carboxylic acids is 1. The molecular formula is C9H9NO2S. The number of carboxylic acid groups (broad SMARTS) is 1. The molecule has 13 heavy (non-hydrogen) atoms. The van der Waals surface area contributed by atoms with Crippen molar-refractivity contribution in [2.75, 3.05) is 0 Å². The average molecular weight is 195 g/mol. The minimum atomic E-state index is -0.944. The molecule has 0 aliphatic heterocycles. The number of nitrogens with two attached hydrogens (primary N) is 1. The van der Waals surface area contributed by atoms with Crippen molar-refractivity contribution in [1.29, 1.82) is 0 Å². The number of rotatable bonds is 2. The van der Waals surface area contributed by atoms with Gasteiger partial charge in [0.05, 0.1) is 5.56 Å². The second-order valence-corrected chi connectivity index (χ2v) is 2.73. The molecule has 0 saturated heterocycles. The van der Waals surface area contributed by atoms with Crippen molar-refractivity contribution < 1.29 is 9.90 Å². The van der Waals surface area contributed by atoms with Crippen LogP contribution in [0, 0.1) is 0 Å². The van der Waals surface area contributed by atoms with Crippen LogP contribution in [0.3, 0.4) is 0 Å². The van der Waals surface area contributed by atoms with Crippen LogP contribution in [-0.4, -0.2) is 11.1 Å². The molecule has 0 radical (unpaired) electrons. The first-order valence-electron chi connectivity index (χ1n) is 3.58. The van der Waals surface area contributed by atoms with Crippen LogP contribution in [0.4, 0.5) is 0 Å². The Hall–Kier alpha value is -1.42. The predicted molar refractivity (Wildman–Crippen MR) is 54.6 cm³/mol. The van der Waals surface area contributed by atoms with E-state index in [1.807, 2.05) is 0 Å². The Morgan fingerprint density at radius 1 is 1.31 bits per heavy atom. The Bertz CT molecular complexity index is 343. The monoisotopic (exact) mass is 195 g/mol. The molecule has 3 nitrogen and oxygen atoms in total. The predicted octanol–water partition coefficient (Wildman–Crippen LogP) is 1.57. The van der Waals surface area contributed by atoms with Crippen LogP contribution in [0.2, 0.25) is 0 Å². The summed E-state index contributed by atoms with van der Waals surface area (Å²) in [7, 11) is 0. The largest absolute Gasteiger partial charge is 0.478 e. The minimum absolute atomic E-state index is 0.246. The fraction of sp³-hybridized carbons (Fsp3) is 0. The van der Waals surface area contributed by atoms with Gasteiger partial charge in [-0.1, -0.05) is 12.1 Å². The summed E-state index contributed by atoms with van der Waals surface area (Å²) < 4.78 is 0. The normalized spacial score (nSPS) is 11.3. The number of carbonyl (C=O) groups is 1. The zero-order valence-corrected chi connectivity index (χ0v) is 7.66. The van der Waals surface area contributed by atoms with Gasteiger partial charge in [-0.3, -0.25) is 0 Å². The molecule has 0 heterocycles. The summed E-state index contributed by atoms with van der Waals surface area (Å²) in [4.78, 5) is 10.5. The second-order valence-electron chi connectivity index (χ2n) is 2.47. The van der Waals surface area contributed by atoms with E-state index in [1.165, 1.54) is 17.5 Å². The molecule has 0 aromatic heterocycles. The van der Waals surface area contributed by atoms with Crippen LogP contribution in [0.15, 0.2) is 29.7 Å². The number of aromatic carboxylic acids is 1. The molecule has 0 fully saturated rings. The lowest BCUT2D eigenvalue weighted by molar-refractivity contribution is 0.0697. The molecule has 0 aliphatic rings. The summed E-state index contributed by atoms with van der Waals surface area (Å²) in [5, 5.41) is 10.1. The van der Waals surface area contributed by atoms with Crippen LogP contribution in [0.1, 0.15) is 15.9 Å². The van der Waals surface area contributed by atoms with Crippen LogP contribution in [0.5, 0.6) is 0 Å². The number of thiol groups is 1. The molecule has 0 bridgehead atoms. The third-order valence-electron chi connectivity index (χ3n) is 1.60. The first-order valence-corrected chi connectivity index (χ1v) is 4.10. The highest BCUT2D eigenvalue weighted by Crippen LogP contribution is 2.11. The number of hydrogen-bond acceptors (Lipinski definition) is 3. The maximum absolute atomic E-state index is 10.5. The molecule has 3 N–H and O–H groups in total. The summed E-state index contributed by atoms with van der Waals surface area (Å²) in [5.41, 5.74) is 7.08. The first kappa shape index (κ1) is 9.67. The first-order chi connectivity index (χ1) is 6.15. The fourth-order valence-electron chi connectivity index (χ4n) is 0.880. The van der Waals surface area contributed by atoms with E-state index < -0.39 is 5.97 Å². The van der Waals surface area contributed by atoms with E-state index >= 15 is 0 Å². The number of benzene rings is 1. The quantitative estimate of drug-likeness (QED) is 0.628. The Labute approximate surface area is 81.3 Å². The van der Waals surface area contributed by atoms with Crippen LogP contribution >= 0.6 is 12.6 Å². The molecule has 0 saturated carbocycles. The summed E-state index contributed by atoms with van der Waals surface area (Å²) in [6, 6.07) is 6.29. The lowest BCUT2D eigenvalue weighted by Gasteiger charge is -2.00. The number of hydrogen-bond donors (Lipinski definition) is 3. The molecule has 0 aliphatic carbocycles. The molecule has 1 rings (SSSR count). The van der Waals surface area contributed by atoms with E-state index in [-0.39, 0.29) is 5.56 Å². The summed E-state index contributed by atoms with van der Waals surface area (Å²) >= 11 is 3.89. The van der Waals surface area contributed by atoms with E-state index in [9.17, 15) is 4.79 Å². The van der Waals surface area contributed by atoms with Gasteiger partial charge in [-0.2, -0.15) is 0 Å². The fourth-order valence-corrected chi connectivity index (χ4v) is 1.03. The van der Waals surface area contributed by atoms with Gasteiger partial charge in [-0.05, 0) is 23.1 Å². The Balaban J connectivity index is 3.00. The standard InChI is InChI=1S/C9H9NO2S/c10-8(5-13)6-1-3-7(4-2-6)9(11)12/h1-5,13H,10H2,(H,11,12)/b8-5-. The third kappa shape index (κ3) is 2.26. The van der Waals surface area contributed by atoms with E-state index in [0.29, 0.717) is 5.70 Å². The highest BCUT2D eigenvalue weighted by Gasteiger charge is 2.01. The van der Waals surface area contributed by atoms with Crippen LogP contribution in [-0.2, 0) is 0 Å². The Morgan fingerprint density at radius 3 is 2.15 bits per heavy atom. The van der Waals surface area contributed by atoms with Crippen LogP contribution < -0.4 is 5.73 Å². The van der Waals surface area contributed by atoms with Gasteiger partial charge in [0.25, 0.3) is 0 Å². The van der Waals surface area contributed by atoms with Crippen molar-refractivity contribution >= 4 is 24.3 Å². The lowest BCUT2D eigenvalue weighted by Crippen LogP contribution is -1.98. The van der Waals surface area contributed by atoms with E-state index in [4.69, 9.17) is 10.8 Å². The Kier molecular flexibility index (Phi) is 2.97. The van der Waals surface area contributed by atoms with Gasteiger partial charge in [0.15, 0.2) is 0 Å². The molecule has 0 amide bonds. The van der Waals surface area contributed by atoms with Crippen molar-refractivity contribution in [1.82, 2.24) is 0 Å². The molecule has 1 aromatic rings. The lowest BCUT2D eigenvalue weighted by atomic mass is 10.1. The van der Waals surface area contributed by atoms with Gasteiger partial charge in [0.2, 0.25) is 0 Å². The van der Waals surface area contributed by atoms with Crippen molar-refractivity contribution in [3.05, 3.63) is 40.8 Å². The maximum Gasteiger partial charge on any atom is 0.335 e. The zero-order chi connectivity index (χ0) is 9.84. The second kappa shape index (κ2) is 4.00. The highest BCUT2D eigenvalue weighted by atomic mass is 32.1. The molecular weight excluding hydrogens is 186 g/mol. The summed E-state index contributed by atoms with van der Waals surface area (Å²) in [6.45, 7) is 0. The minimum Gasteiger partial charge on any atom is -0.478 e. The highest BCUT2D eigenvalue weighted by molar-refractivity contribution is 7.83. The van der Waals surface area contributed by atoms with Gasteiger partial charge in [0, 0.05) is 5.70 Å². The maximum atomic E-state index is 10.5. The van der Waals surface area contributed by atoms with Crippen LogP contribution in [0.25, 0.3) is 5.70 Å². The zero-order valence-electron chi connectivity index (χ0n) is 6.77. The smallest absolute Gasteiger partial charge is 0.335 e. The SMILES string of the molecule is N/C(=C\S)c1ccc(C(=O)O)cc1. The molecule has 1 aromatic carbocycles. The van der Waals surface area contributed by atoms with E-state index in [0.717, 1.165) is 5.56 Å². The van der Waals surface area contributed by atoms with Gasteiger partial charge in [0.1, 0.15) is 0 Å². The topological polar surface area (TPSA) is 63.3 Å². The molecule has 0 unspecified atom stereocenters. The van der Waals surface area contributed by atoms with E-state index in [2.05, 4.69) is 12.6 Å². The third-order valence-corrected chi connectivity index (χ3v) is 1.88. The molecule has 0 spiro atoms. The average Bonchev–Trinajstić information content (AvgIpc) is 2.17. The van der Waals surface area contributed by atoms with E-state index in [1.54, 1.807) is 12.1 Å². The summed E-state index contributed by atoms with van der Waals surface area (Å²) in [5.74, 6) is -0.944. The van der Waals surface area contributed by atoms with Gasteiger partial charge in [-0.15, -0.1) is 12.6 Å². The van der Waals surface area contributed by atoms with Gasteiger partial charge >= 0.3 is 5.97 Å². The Morgan fingerprint density at radius 2 is 1.77 bits per heavy atom. The molecule has 0 atom stereocenters. The van der Waals surface area contributed by atoms with Gasteiger partial charge in [-0.25, -0.2) is 4.79 Å².